The van der Waals surface area contributed by atoms with Gasteiger partial charge in [-0.05, 0) is 12.1 Å². The number of amides is 1. The fourth-order valence-corrected chi connectivity index (χ4v) is 1.63. The van der Waals surface area contributed by atoms with Crippen LogP contribution in [0.25, 0.3) is 0 Å². The number of carbonyl (C=O) groups excluding carboxylic acids is 1. The van der Waals surface area contributed by atoms with Gasteiger partial charge in [-0.1, -0.05) is 30.4 Å². The molecule has 2 N–H and O–H groups in total. The SMILES string of the molecule is O=C(NC1C=CC(O)C1)c1ccccc1. The van der Waals surface area contributed by atoms with Crippen molar-refractivity contribution >= 4 is 5.91 Å². The second-order valence-corrected chi connectivity index (χ2v) is 3.63. The van der Waals surface area contributed by atoms with E-state index >= 15 is 0 Å². The van der Waals surface area contributed by atoms with Crippen LogP contribution >= 0.6 is 0 Å². The fourth-order valence-electron chi connectivity index (χ4n) is 1.63. The first kappa shape index (κ1) is 9.93. The summed E-state index contributed by atoms with van der Waals surface area (Å²) in [6.45, 7) is 0. The molecule has 2 unspecified atom stereocenters. The third-order valence-corrected chi connectivity index (χ3v) is 2.41. The van der Waals surface area contributed by atoms with Gasteiger partial charge in [0, 0.05) is 12.0 Å². The van der Waals surface area contributed by atoms with Crippen molar-refractivity contribution in [3.8, 4) is 0 Å². The molecule has 3 nitrogen and oxygen atoms in total. The highest BCUT2D eigenvalue weighted by Crippen LogP contribution is 2.11. The molecule has 78 valence electrons. The normalized spacial score (nSPS) is 24.1. The Hall–Kier alpha value is -1.61. The molecule has 0 heterocycles. The fraction of sp³-hybridized carbons (Fsp3) is 0.250. The molecule has 15 heavy (non-hydrogen) atoms. The van der Waals surface area contributed by atoms with Gasteiger partial charge in [0.1, 0.15) is 0 Å². The number of nitrogens with one attached hydrogen (secondary N) is 1. The van der Waals surface area contributed by atoms with Crippen molar-refractivity contribution in [3.63, 3.8) is 0 Å². The molecule has 3 heteroatoms. The summed E-state index contributed by atoms with van der Waals surface area (Å²) in [6.07, 6.45) is 3.67. The molecule has 2 atom stereocenters. The van der Waals surface area contributed by atoms with E-state index in [1.165, 1.54) is 0 Å². The summed E-state index contributed by atoms with van der Waals surface area (Å²) in [6, 6.07) is 9.01. The van der Waals surface area contributed by atoms with E-state index in [-0.39, 0.29) is 11.9 Å². The van der Waals surface area contributed by atoms with Crippen molar-refractivity contribution in [2.45, 2.75) is 18.6 Å². The van der Waals surface area contributed by atoms with Gasteiger partial charge in [0.25, 0.3) is 5.91 Å². The Kier molecular flexibility index (Phi) is 2.83. The minimum absolute atomic E-state index is 0.0484. The van der Waals surface area contributed by atoms with E-state index in [2.05, 4.69) is 5.32 Å². The molecule has 1 aromatic carbocycles. The maximum absolute atomic E-state index is 11.7. The molecular formula is C12H13NO2. The second-order valence-electron chi connectivity index (χ2n) is 3.63. The van der Waals surface area contributed by atoms with Crippen LogP contribution < -0.4 is 5.32 Å². The lowest BCUT2D eigenvalue weighted by Gasteiger charge is -2.11. The third kappa shape index (κ3) is 2.44. The highest BCUT2D eigenvalue weighted by Gasteiger charge is 2.18. The van der Waals surface area contributed by atoms with Crippen molar-refractivity contribution in [1.29, 1.82) is 0 Å². The molecule has 1 aromatic rings. The van der Waals surface area contributed by atoms with Gasteiger partial charge in [0.15, 0.2) is 0 Å². The quantitative estimate of drug-likeness (QED) is 0.707. The molecule has 0 saturated carbocycles. The van der Waals surface area contributed by atoms with Crippen LogP contribution in [0.1, 0.15) is 16.8 Å². The minimum Gasteiger partial charge on any atom is -0.389 e. The Labute approximate surface area is 88.4 Å². The number of benzene rings is 1. The summed E-state index contributed by atoms with van der Waals surface area (Å²) < 4.78 is 0. The molecule has 0 aromatic heterocycles. The molecule has 0 aliphatic heterocycles. The van der Waals surface area contributed by atoms with E-state index in [1.807, 2.05) is 24.3 Å². The minimum atomic E-state index is -0.425. The van der Waals surface area contributed by atoms with Crippen LogP contribution in [-0.2, 0) is 0 Å². The molecule has 2 rings (SSSR count). The van der Waals surface area contributed by atoms with Crippen LogP contribution in [0, 0.1) is 0 Å². The van der Waals surface area contributed by atoms with Crippen LogP contribution in [0.3, 0.4) is 0 Å². The van der Waals surface area contributed by atoms with Crippen molar-refractivity contribution < 1.29 is 9.90 Å². The third-order valence-electron chi connectivity index (χ3n) is 2.41. The maximum Gasteiger partial charge on any atom is 0.251 e. The monoisotopic (exact) mass is 203 g/mol. The first-order chi connectivity index (χ1) is 7.25. The predicted molar refractivity (Wildman–Crippen MR) is 57.5 cm³/mol. The molecule has 0 radical (unpaired) electrons. The van der Waals surface area contributed by atoms with Gasteiger partial charge in [0.05, 0.1) is 12.1 Å². The number of hydrogen-bond acceptors (Lipinski definition) is 2. The number of aliphatic hydroxyl groups is 1. The molecule has 0 spiro atoms. The van der Waals surface area contributed by atoms with Gasteiger partial charge >= 0.3 is 0 Å². The van der Waals surface area contributed by atoms with Gasteiger partial charge in [-0.3, -0.25) is 4.79 Å². The van der Waals surface area contributed by atoms with E-state index < -0.39 is 6.10 Å². The van der Waals surface area contributed by atoms with E-state index in [9.17, 15) is 9.90 Å². The molecule has 0 saturated heterocycles. The summed E-state index contributed by atoms with van der Waals surface area (Å²) in [5.41, 5.74) is 0.646. The number of rotatable bonds is 2. The van der Waals surface area contributed by atoms with Crippen LogP contribution in [0.2, 0.25) is 0 Å². The first-order valence-electron chi connectivity index (χ1n) is 4.98. The van der Waals surface area contributed by atoms with Crippen molar-refractivity contribution in [2.75, 3.05) is 0 Å². The van der Waals surface area contributed by atoms with Gasteiger partial charge in [-0.2, -0.15) is 0 Å². The van der Waals surface area contributed by atoms with E-state index in [1.54, 1.807) is 18.2 Å². The average molecular weight is 203 g/mol. The lowest BCUT2D eigenvalue weighted by atomic mass is 10.2. The zero-order valence-corrected chi connectivity index (χ0v) is 8.26. The zero-order valence-electron chi connectivity index (χ0n) is 8.26. The van der Waals surface area contributed by atoms with Crippen LogP contribution in [-0.4, -0.2) is 23.2 Å². The van der Waals surface area contributed by atoms with Gasteiger partial charge in [-0.25, -0.2) is 0 Å². The van der Waals surface area contributed by atoms with E-state index in [0.29, 0.717) is 12.0 Å². The summed E-state index contributed by atoms with van der Waals surface area (Å²) in [5, 5.41) is 12.1. The Morgan fingerprint density at radius 1 is 1.27 bits per heavy atom. The zero-order chi connectivity index (χ0) is 10.7. The molecule has 0 fully saturated rings. The Morgan fingerprint density at radius 2 is 2.00 bits per heavy atom. The molecule has 1 aliphatic carbocycles. The van der Waals surface area contributed by atoms with Crippen LogP contribution in [0.4, 0.5) is 0 Å². The van der Waals surface area contributed by atoms with Gasteiger partial charge in [-0.15, -0.1) is 0 Å². The Bertz CT molecular complexity index is 372. The van der Waals surface area contributed by atoms with Crippen molar-refractivity contribution in [1.82, 2.24) is 5.32 Å². The summed E-state index contributed by atoms with van der Waals surface area (Å²) in [5.74, 6) is -0.0978. The number of hydrogen-bond donors (Lipinski definition) is 2. The van der Waals surface area contributed by atoms with Crippen LogP contribution in [0.5, 0.6) is 0 Å². The Balaban J connectivity index is 1.96. The van der Waals surface area contributed by atoms with Crippen molar-refractivity contribution in [2.24, 2.45) is 0 Å². The van der Waals surface area contributed by atoms with Gasteiger partial charge < -0.3 is 10.4 Å². The highest BCUT2D eigenvalue weighted by molar-refractivity contribution is 5.94. The maximum atomic E-state index is 11.7. The Morgan fingerprint density at radius 3 is 2.60 bits per heavy atom. The highest BCUT2D eigenvalue weighted by atomic mass is 16.3. The molecule has 1 aliphatic rings. The van der Waals surface area contributed by atoms with Crippen LogP contribution in [0.15, 0.2) is 42.5 Å². The van der Waals surface area contributed by atoms with Crippen molar-refractivity contribution in [3.05, 3.63) is 48.0 Å². The molecule has 0 bridgehead atoms. The lowest BCUT2D eigenvalue weighted by Crippen LogP contribution is -2.33. The first-order valence-corrected chi connectivity index (χ1v) is 4.98. The summed E-state index contributed by atoms with van der Waals surface area (Å²) >= 11 is 0. The standard InChI is InChI=1S/C12H13NO2/c14-11-7-6-10(8-11)13-12(15)9-4-2-1-3-5-9/h1-7,10-11,14H,8H2,(H,13,15). The topological polar surface area (TPSA) is 49.3 Å². The molecular weight excluding hydrogens is 190 g/mol. The summed E-state index contributed by atoms with van der Waals surface area (Å²) in [7, 11) is 0. The van der Waals surface area contributed by atoms with E-state index in [4.69, 9.17) is 0 Å². The number of aliphatic hydroxyl groups excluding tert-OH is 1. The smallest absolute Gasteiger partial charge is 0.251 e. The second kappa shape index (κ2) is 4.28. The largest absolute Gasteiger partial charge is 0.389 e. The van der Waals surface area contributed by atoms with Gasteiger partial charge in [0.2, 0.25) is 0 Å². The number of carbonyl (C=O) groups is 1. The predicted octanol–water partition coefficient (Wildman–Crippen LogP) is 1.11. The van der Waals surface area contributed by atoms with E-state index in [0.717, 1.165) is 0 Å². The lowest BCUT2D eigenvalue weighted by molar-refractivity contribution is 0.0938. The average Bonchev–Trinajstić information content (AvgIpc) is 2.65. The summed E-state index contributed by atoms with van der Waals surface area (Å²) in [4.78, 5) is 11.7. The molecule has 1 amide bonds.